The summed E-state index contributed by atoms with van der Waals surface area (Å²) in [5.41, 5.74) is 1.69. The summed E-state index contributed by atoms with van der Waals surface area (Å²) in [7, 11) is 0. The maximum Gasteiger partial charge on any atom is 0.573 e. The van der Waals surface area contributed by atoms with Gasteiger partial charge in [0.25, 0.3) is 0 Å². The molecule has 4 aromatic rings. The second-order valence-electron chi connectivity index (χ2n) is 5.63. The van der Waals surface area contributed by atoms with Crippen molar-refractivity contribution < 1.29 is 22.6 Å². The molecule has 0 unspecified atom stereocenters. The smallest absolute Gasteiger partial charge is 0.457 e. The summed E-state index contributed by atoms with van der Waals surface area (Å²) in [5, 5.41) is 5.18. The fraction of sp³-hybridized carbons (Fsp3) is 0.0526. The van der Waals surface area contributed by atoms with E-state index < -0.39 is 6.36 Å². The van der Waals surface area contributed by atoms with E-state index in [0.717, 1.165) is 15.9 Å². The third-order valence-corrected chi connectivity index (χ3v) is 4.56. The van der Waals surface area contributed by atoms with Gasteiger partial charge in [-0.15, -0.1) is 24.5 Å². The number of anilines is 2. The van der Waals surface area contributed by atoms with Gasteiger partial charge in [0, 0.05) is 5.69 Å². The summed E-state index contributed by atoms with van der Waals surface area (Å²) >= 11 is 1.55. The van der Waals surface area contributed by atoms with E-state index >= 15 is 0 Å². The molecule has 0 amide bonds. The topological polar surface area (TPSA) is 56.3 Å². The highest BCUT2D eigenvalue weighted by Crippen LogP contribution is 2.30. The zero-order valence-electron chi connectivity index (χ0n) is 14.1. The first-order valence-corrected chi connectivity index (χ1v) is 8.93. The van der Waals surface area contributed by atoms with E-state index in [1.54, 1.807) is 23.5 Å². The molecule has 0 bridgehead atoms. The summed E-state index contributed by atoms with van der Waals surface area (Å²) < 4.78 is 47.0. The highest BCUT2D eigenvalue weighted by Gasteiger charge is 2.30. The predicted molar refractivity (Wildman–Crippen MR) is 100 cm³/mol. The number of benzene rings is 2. The van der Waals surface area contributed by atoms with Gasteiger partial charge in [-0.3, -0.25) is 0 Å². The quantitative estimate of drug-likeness (QED) is 0.435. The van der Waals surface area contributed by atoms with Gasteiger partial charge in [0.1, 0.15) is 23.6 Å². The molecule has 2 heterocycles. The van der Waals surface area contributed by atoms with Crippen LogP contribution in [0.25, 0.3) is 10.2 Å². The average molecular weight is 403 g/mol. The Hall–Kier alpha value is -3.33. The molecule has 28 heavy (non-hydrogen) atoms. The molecule has 142 valence electrons. The molecule has 0 saturated carbocycles. The van der Waals surface area contributed by atoms with Crippen LogP contribution in [0.15, 0.2) is 66.3 Å². The molecule has 0 radical (unpaired) electrons. The Labute approximate surface area is 161 Å². The minimum absolute atomic E-state index is 0.302. The second kappa shape index (κ2) is 7.35. The molecular formula is C19H12F3N3O2S. The van der Waals surface area contributed by atoms with E-state index in [0.29, 0.717) is 17.3 Å². The van der Waals surface area contributed by atoms with Crippen LogP contribution in [-0.2, 0) is 0 Å². The Bertz CT molecular complexity index is 1080. The third kappa shape index (κ3) is 4.32. The van der Waals surface area contributed by atoms with Crippen molar-refractivity contribution >= 4 is 33.1 Å². The van der Waals surface area contributed by atoms with Gasteiger partial charge in [-0.25, -0.2) is 9.97 Å². The number of ether oxygens (including phenoxy) is 2. The molecule has 2 aromatic carbocycles. The number of halogens is 3. The van der Waals surface area contributed by atoms with Crippen molar-refractivity contribution in [2.24, 2.45) is 0 Å². The van der Waals surface area contributed by atoms with Crippen LogP contribution in [0.3, 0.4) is 0 Å². The molecule has 5 nitrogen and oxygen atoms in total. The largest absolute Gasteiger partial charge is 0.573 e. The third-order valence-electron chi connectivity index (χ3n) is 3.65. The van der Waals surface area contributed by atoms with E-state index in [2.05, 4.69) is 20.0 Å². The summed E-state index contributed by atoms with van der Waals surface area (Å²) in [5.74, 6) is 1.35. The van der Waals surface area contributed by atoms with Crippen LogP contribution < -0.4 is 14.8 Å². The molecule has 0 aliphatic rings. The molecule has 1 N–H and O–H groups in total. The number of nitrogens with one attached hydrogen (secondary N) is 1. The minimum Gasteiger partial charge on any atom is -0.457 e. The lowest BCUT2D eigenvalue weighted by Crippen LogP contribution is -2.16. The van der Waals surface area contributed by atoms with Gasteiger partial charge < -0.3 is 14.8 Å². The van der Waals surface area contributed by atoms with Crippen LogP contribution in [0.4, 0.5) is 24.7 Å². The lowest BCUT2D eigenvalue weighted by Gasteiger charge is -2.11. The Morgan fingerprint density at radius 1 is 0.821 bits per heavy atom. The van der Waals surface area contributed by atoms with Gasteiger partial charge in [-0.1, -0.05) is 0 Å². The van der Waals surface area contributed by atoms with Crippen molar-refractivity contribution in [2.75, 3.05) is 5.32 Å². The van der Waals surface area contributed by atoms with Crippen molar-refractivity contribution in [3.63, 3.8) is 0 Å². The highest BCUT2D eigenvalue weighted by atomic mass is 32.1. The predicted octanol–water partition coefficient (Wildman–Crippen LogP) is 6.13. The van der Waals surface area contributed by atoms with Crippen LogP contribution in [0.2, 0.25) is 0 Å². The highest BCUT2D eigenvalue weighted by molar-refractivity contribution is 7.17. The Morgan fingerprint density at radius 3 is 2.14 bits per heavy atom. The molecule has 0 saturated heterocycles. The molecule has 9 heteroatoms. The number of rotatable bonds is 5. The number of thiophene rings is 1. The number of nitrogens with zero attached hydrogens (tertiary/aromatic N) is 2. The van der Waals surface area contributed by atoms with E-state index in [-0.39, 0.29) is 5.75 Å². The molecule has 0 aliphatic carbocycles. The van der Waals surface area contributed by atoms with E-state index in [4.69, 9.17) is 4.74 Å². The number of alkyl halides is 3. The first-order valence-electron chi connectivity index (χ1n) is 8.05. The van der Waals surface area contributed by atoms with Crippen molar-refractivity contribution in [3.05, 3.63) is 66.3 Å². The molecule has 4 rings (SSSR count). The fourth-order valence-electron chi connectivity index (χ4n) is 2.47. The summed E-state index contributed by atoms with van der Waals surface area (Å²) in [4.78, 5) is 8.46. The molecular weight excluding hydrogens is 391 g/mol. The summed E-state index contributed by atoms with van der Waals surface area (Å²) in [6.07, 6.45) is -3.22. The number of hydrogen-bond acceptors (Lipinski definition) is 6. The first kappa shape index (κ1) is 18.1. The molecule has 0 fully saturated rings. The molecule has 0 aliphatic heterocycles. The number of fused-ring (bicyclic) bond motifs is 1. The zero-order chi connectivity index (χ0) is 19.6. The maximum absolute atomic E-state index is 12.2. The Balaban J connectivity index is 1.43. The summed E-state index contributed by atoms with van der Waals surface area (Å²) in [6, 6.07) is 14.2. The second-order valence-corrected chi connectivity index (χ2v) is 6.54. The van der Waals surface area contributed by atoms with Gasteiger partial charge in [0.05, 0.1) is 10.2 Å². The van der Waals surface area contributed by atoms with Crippen molar-refractivity contribution in [1.82, 2.24) is 9.97 Å². The number of hydrogen-bond donors (Lipinski definition) is 1. The Morgan fingerprint density at radius 2 is 1.46 bits per heavy atom. The van der Waals surface area contributed by atoms with Gasteiger partial charge in [-0.2, -0.15) is 0 Å². The van der Waals surface area contributed by atoms with Crippen molar-refractivity contribution in [2.45, 2.75) is 6.36 Å². The minimum atomic E-state index is -4.72. The van der Waals surface area contributed by atoms with Gasteiger partial charge in [-0.05, 0) is 60.0 Å². The molecule has 0 atom stereocenters. The monoisotopic (exact) mass is 403 g/mol. The standard InChI is InChI=1S/C19H12F3N3O2S/c20-19(21,22)27-15-7-5-14(6-8-15)26-13-3-1-12(2-4-13)25-18-17-16(9-10-28-17)23-11-24-18/h1-11H,(H,23,24,25). The van der Waals surface area contributed by atoms with Crippen molar-refractivity contribution in [3.8, 4) is 17.2 Å². The van der Waals surface area contributed by atoms with Crippen LogP contribution >= 0.6 is 11.3 Å². The lowest BCUT2D eigenvalue weighted by atomic mass is 10.3. The van der Waals surface area contributed by atoms with Crippen LogP contribution in [-0.4, -0.2) is 16.3 Å². The number of aromatic nitrogens is 2. The molecule has 0 spiro atoms. The average Bonchev–Trinajstić information content (AvgIpc) is 3.14. The normalized spacial score (nSPS) is 11.4. The summed E-state index contributed by atoms with van der Waals surface area (Å²) in [6.45, 7) is 0. The maximum atomic E-state index is 12.2. The van der Waals surface area contributed by atoms with Gasteiger partial charge in [0.2, 0.25) is 0 Å². The molecule has 2 aromatic heterocycles. The van der Waals surface area contributed by atoms with E-state index in [1.165, 1.54) is 30.6 Å². The van der Waals surface area contributed by atoms with Crippen LogP contribution in [0.1, 0.15) is 0 Å². The van der Waals surface area contributed by atoms with E-state index in [9.17, 15) is 13.2 Å². The van der Waals surface area contributed by atoms with Crippen LogP contribution in [0, 0.1) is 0 Å². The van der Waals surface area contributed by atoms with Gasteiger partial charge in [0.15, 0.2) is 5.82 Å². The van der Waals surface area contributed by atoms with Crippen LogP contribution in [0.5, 0.6) is 17.2 Å². The lowest BCUT2D eigenvalue weighted by molar-refractivity contribution is -0.274. The zero-order valence-corrected chi connectivity index (χ0v) is 14.9. The fourth-order valence-corrected chi connectivity index (χ4v) is 3.26. The van der Waals surface area contributed by atoms with Crippen molar-refractivity contribution in [1.29, 1.82) is 0 Å². The Kier molecular flexibility index (Phi) is 4.74. The van der Waals surface area contributed by atoms with E-state index in [1.807, 2.05) is 23.6 Å². The van der Waals surface area contributed by atoms with Gasteiger partial charge >= 0.3 is 6.36 Å². The SMILES string of the molecule is FC(F)(F)Oc1ccc(Oc2ccc(Nc3ncnc4ccsc34)cc2)cc1. The first-order chi connectivity index (χ1) is 13.5.